The second kappa shape index (κ2) is 4.70. The van der Waals surface area contributed by atoms with Crippen LogP contribution in [0, 0.1) is 0 Å². The maximum atomic E-state index is 12.1. The van der Waals surface area contributed by atoms with Gasteiger partial charge in [-0.2, -0.15) is 0 Å². The Morgan fingerprint density at radius 2 is 2.11 bits per heavy atom. The average Bonchev–Trinajstić information content (AvgIpc) is 2.73. The molecule has 0 spiro atoms. The van der Waals surface area contributed by atoms with Gasteiger partial charge >= 0.3 is 0 Å². The molecular weight excluding hydrogens is 240 g/mol. The summed E-state index contributed by atoms with van der Waals surface area (Å²) in [6.45, 7) is 3.96. The van der Waals surface area contributed by atoms with Crippen molar-refractivity contribution in [1.82, 2.24) is 9.47 Å². The summed E-state index contributed by atoms with van der Waals surface area (Å²) < 4.78 is 2.17. The van der Waals surface area contributed by atoms with E-state index in [1.807, 2.05) is 12.1 Å². The molecule has 100 valence electrons. The quantitative estimate of drug-likeness (QED) is 0.904. The van der Waals surface area contributed by atoms with Crippen LogP contribution in [0.5, 0.6) is 0 Å². The second-order valence-electron chi connectivity index (χ2n) is 5.09. The van der Waals surface area contributed by atoms with Crippen LogP contribution in [0.25, 0.3) is 10.9 Å². The summed E-state index contributed by atoms with van der Waals surface area (Å²) in [6, 6.07) is 8.17. The van der Waals surface area contributed by atoms with Crippen LogP contribution in [0.3, 0.4) is 0 Å². The molecule has 2 heterocycles. The maximum absolute atomic E-state index is 12.1. The molecule has 0 radical (unpaired) electrons. The first kappa shape index (κ1) is 12.2. The number of β-amino-alcohol motifs (C(OH)–C–C–N with tert-alkyl or cyclic N) is 1. The molecule has 2 aromatic rings. The third-order valence-corrected chi connectivity index (χ3v) is 3.77. The van der Waals surface area contributed by atoms with E-state index >= 15 is 0 Å². The monoisotopic (exact) mass is 258 g/mol. The fourth-order valence-electron chi connectivity index (χ4n) is 2.66. The molecule has 1 aromatic carbocycles. The number of likely N-dealkylation sites (tertiary alicyclic amines) is 1. The molecule has 4 nitrogen and oxygen atoms in total. The largest absolute Gasteiger partial charge is 0.389 e. The van der Waals surface area contributed by atoms with Crippen molar-refractivity contribution in [1.29, 1.82) is 0 Å². The van der Waals surface area contributed by atoms with Crippen LogP contribution in [0.1, 0.15) is 12.5 Å². The number of nitrogens with zero attached hydrogens (tertiary/aromatic N) is 2. The summed E-state index contributed by atoms with van der Waals surface area (Å²) in [7, 11) is 0. The van der Waals surface area contributed by atoms with Crippen LogP contribution in [0.15, 0.2) is 30.5 Å². The minimum atomic E-state index is -0.332. The Morgan fingerprint density at radius 1 is 1.37 bits per heavy atom. The topological polar surface area (TPSA) is 45.5 Å². The number of benzene rings is 1. The van der Waals surface area contributed by atoms with Gasteiger partial charge in [0.05, 0.1) is 12.5 Å². The molecule has 19 heavy (non-hydrogen) atoms. The fraction of sp³-hybridized carbons (Fsp3) is 0.400. The molecule has 0 unspecified atom stereocenters. The number of hydrogen-bond acceptors (Lipinski definition) is 2. The molecule has 0 bridgehead atoms. The molecule has 1 aliphatic rings. The van der Waals surface area contributed by atoms with Gasteiger partial charge in [-0.3, -0.25) is 4.79 Å². The summed E-state index contributed by atoms with van der Waals surface area (Å²) in [4.78, 5) is 13.8. The van der Waals surface area contributed by atoms with Gasteiger partial charge < -0.3 is 14.6 Å². The number of hydrogen-bond donors (Lipinski definition) is 1. The minimum Gasteiger partial charge on any atom is -0.389 e. The van der Waals surface area contributed by atoms with E-state index in [9.17, 15) is 9.90 Å². The first-order valence-corrected chi connectivity index (χ1v) is 6.71. The number of aromatic nitrogens is 1. The third-order valence-electron chi connectivity index (χ3n) is 3.77. The van der Waals surface area contributed by atoms with Crippen LogP contribution >= 0.6 is 0 Å². The Hall–Kier alpha value is -1.81. The molecule has 1 aliphatic heterocycles. The smallest absolute Gasteiger partial charge is 0.227 e. The molecule has 1 amide bonds. The third kappa shape index (κ3) is 2.12. The zero-order chi connectivity index (χ0) is 13.4. The molecule has 0 saturated carbocycles. The molecular formula is C15H18N2O2. The molecule has 1 fully saturated rings. The van der Waals surface area contributed by atoms with Gasteiger partial charge in [-0.25, -0.2) is 0 Å². The van der Waals surface area contributed by atoms with Gasteiger partial charge in [0.25, 0.3) is 0 Å². The second-order valence-corrected chi connectivity index (χ2v) is 5.09. The zero-order valence-corrected chi connectivity index (χ0v) is 11.0. The van der Waals surface area contributed by atoms with E-state index in [2.05, 4.69) is 29.8 Å². The van der Waals surface area contributed by atoms with Gasteiger partial charge in [0.2, 0.25) is 5.91 Å². The first-order chi connectivity index (χ1) is 9.19. The fourth-order valence-corrected chi connectivity index (χ4v) is 2.66. The van der Waals surface area contributed by atoms with Crippen molar-refractivity contribution in [2.24, 2.45) is 0 Å². The van der Waals surface area contributed by atoms with E-state index in [-0.39, 0.29) is 12.0 Å². The van der Waals surface area contributed by atoms with Gasteiger partial charge in [-0.1, -0.05) is 18.2 Å². The van der Waals surface area contributed by atoms with Gasteiger partial charge in [0.15, 0.2) is 0 Å². The van der Waals surface area contributed by atoms with E-state index in [1.165, 1.54) is 5.52 Å². The number of amides is 1. The number of carbonyl (C=O) groups excluding carboxylic acids is 1. The summed E-state index contributed by atoms with van der Waals surface area (Å²) >= 11 is 0. The highest BCUT2D eigenvalue weighted by molar-refractivity contribution is 5.89. The number of fused-ring (bicyclic) bond motifs is 1. The molecule has 1 aromatic heterocycles. The van der Waals surface area contributed by atoms with Crippen LogP contribution in [0.2, 0.25) is 0 Å². The van der Waals surface area contributed by atoms with Crippen molar-refractivity contribution in [3.63, 3.8) is 0 Å². The van der Waals surface area contributed by atoms with E-state index in [1.54, 1.807) is 4.90 Å². The summed E-state index contributed by atoms with van der Waals surface area (Å²) in [5.74, 6) is 0.101. The van der Waals surface area contributed by atoms with E-state index in [4.69, 9.17) is 0 Å². The van der Waals surface area contributed by atoms with Crippen molar-refractivity contribution in [3.05, 3.63) is 36.0 Å². The van der Waals surface area contributed by atoms with Crippen molar-refractivity contribution in [3.8, 4) is 0 Å². The highest BCUT2D eigenvalue weighted by Gasteiger charge is 2.28. The standard InChI is InChI=1S/C15H18N2O2/c1-2-16-8-11(13-5-3-4-6-14(13)16)7-15(19)17-9-12(18)10-17/h3-6,8,12,18H,2,7,9-10H2,1H3. The predicted molar refractivity (Wildman–Crippen MR) is 73.9 cm³/mol. The van der Waals surface area contributed by atoms with Crippen molar-refractivity contribution in [2.75, 3.05) is 13.1 Å². The van der Waals surface area contributed by atoms with E-state index in [0.717, 1.165) is 17.5 Å². The Kier molecular flexibility index (Phi) is 3.03. The highest BCUT2D eigenvalue weighted by Crippen LogP contribution is 2.23. The zero-order valence-electron chi connectivity index (χ0n) is 11.0. The number of rotatable bonds is 3. The molecule has 1 N–H and O–H groups in total. The van der Waals surface area contributed by atoms with Crippen LogP contribution < -0.4 is 0 Å². The summed E-state index contributed by atoms with van der Waals surface area (Å²) in [5, 5.41) is 10.4. The predicted octanol–water partition coefficient (Wildman–Crippen LogP) is 1.41. The van der Waals surface area contributed by atoms with Crippen LogP contribution in [0.4, 0.5) is 0 Å². The van der Waals surface area contributed by atoms with Gasteiger partial charge in [0, 0.05) is 36.7 Å². The lowest BCUT2D eigenvalue weighted by atomic mass is 10.1. The minimum absolute atomic E-state index is 0.101. The lowest BCUT2D eigenvalue weighted by molar-refractivity contribution is -0.140. The summed E-state index contributed by atoms with van der Waals surface area (Å²) in [5.41, 5.74) is 2.25. The summed E-state index contributed by atoms with van der Waals surface area (Å²) in [6.07, 6.45) is 2.15. The average molecular weight is 258 g/mol. The lowest BCUT2D eigenvalue weighted by Crippen LogP contribution is -2.53. The molecule has 4 heteroatoms. The van der Waals surface area contributed by atoms with Gasteiger partial charge in [-0.05, 0) is 18.6 Å². The first-order valence-electron chi connectivity index (χ1n) is 6.71. The Morgan fingerprint density at radius 3 is 2.79 bits per heavy atom. The van der Waals surface area contributed by atoms with Crippen LogP contribution in [-0.4, -0.2) is 39.7 Å². The number of para-hydroxylation sites is 1. The normalized spacial score (nSPS) is 15.8. The van der Waals surface area contributed by atoms with Crippen molar-refractivity contribution >= 4 is 16.8 Å². The number of aliphatic hydroxyl groups excluding tert-OH is 1. The number of carbonyl (C=O) groups is 1. The SMILES string of the molecule is CCn1cc(CC(=O)N2CC(O)C2)c2ccccc21. The molecule has 0 aliphatic carbocycles. The molecule has 1 saturated heterocycles. The van der Waals surface area contributed by atoms with Crippen molar-refractivity contribution < 1.29 is 9.90 Å². The van der Waals surface area contributed by atoms with Crippen molar-refractivity contribution in [2.45, 2.75) is 26.0 Å². The van der Waals surface area contributed by atoms with Crippen LogP contribution in [-0.2, 0) is 17.8 Å². The molecule has 3 rings (SSSR count). The highest BCUT2D eigenvalue weighted by atomic mass is 16.3. The van der Waals surface area contributed by atoms with Gasteiger partial charge in [0.1, 0.15) is 0 Å². The Labute approximate surface area is 112 Å². The number of aliphatic hydroxyl groups is 1. The lowest BCUT2D eigenvalue weighted by Gasteiger charge is -2.35. The maximum Gasteiger partial charge on any atom is 0.227 e. The molecule has 0 atom stereocenters. The Bertz CT molecular complexity index is 612. The van der Waals surface area contributed by atoms with E-state index < -0.39 is 0 Å². The number of aryl methyl sites for hydroxylation is 1. The van der Waals surface area contributed by atoms with E-state index in [0.29, 0.717) is 19.5 Å². The van der Waals surface area contributed by atoms with Gasteiger partial charge in [-0.15, -0.1) is 0 Å². The Balaban J connectivity index is 1.86.